The fourth-order valence-electron chi connectivity index (χ4n) is 2.03. The van der Waals surface area contributed by atoms with Crippen LogP contribution in [-0.2, 0) is 11.3 Å². The second kappa shape index (κ2) is 5.63. The number of carbonyl (C=O) groups excluding carboxylic acids is 1. The standard InChI is InChI=1S/C15H17F2N3O/c1-4-11-5-6-13-12(7-11)8-18-20(13)9-10(2)19-14(21)15(3,16)17/h4-8,10H,1,9H2,2-3H3,(H,19,21). The van der Waals surface area contributed by atoms with Crippen LogP contribution in [-0.4, -0.2) is 27.7 Å². The summed E-state index contributed by atoms with van der Waals surface area (Å²) >= 11 is 0. The maximum Gasteiger partial charge on any atom is 0.321 e. The molecular formula is C15H17F2N3O. The molecule has 21 heavy (non-hydrogen) atoms. The molecule has 4 nitrogen and oxygen atoms in total. The largest absolute Gasteiger partial charge is 0.347 e. The second-order valence-corrected chi connectivity index (χ2v) is 5.11. The van der Waals surface area contributed by atoms with Crippen molar-refractivity contribution < 1.29 is 13.6 Å². The van der Waals surface area contributed by atoms with Gasteiger partial charge in [0.25, 0.3) is 5.91 Å². The van der Waals surface area contributed by atoms with Gasteiger partial charge in [-0.25, -0.2) is 0 Å². The van der Waals surface area contributed by atoms with E-state index < -0.39 is 17.9 Å². The van der Waals surface area contributed by atoms with Crippen molar-refractivity contribution in [2.24, 2.45) is 0 Å². The molecule has 0 aliphatic rings. The summed E-state index contributed by atoms with van der Waals surface area (Å²) in [7, 11) is 0. The van der Waals surface area contributed by atoms with Crippen molar-refractivity contribution >= 4 is 22.9 Å². The number of rotatable bonds is 5. The lowest BCUT2D eigenvalue weighted by Gasteiger charge is -2.17. The predicted molar refractivity (Wildman–Crippen MR) is 78.0 cm³/mol. The minimum atomic E-state index is -3.38. The minimum Gasteiger partial charge on any atom is -0.347 e. The first kappa shape index (κ1) is 15.2. The van der Waals surface area contributed by atoms with E-state index in [1.54, 1.807) is 23.9 Å². The van der Waals surface area contributed by atoms with E-state index in [2.05, 4.69) is 17.0 Å². The number of amides is 1. The highest BCUT2D eigenvalue weighted by molar-refractivity contribution is 5.83. The zero-order chi connectivity index (χ0) is 15.6. The third-order valence-corrected chi connectivity index (χ3v) is 3.12. The van der Waals surface area contributed by atoms with E-state index in [1.807, 2.05) is 18.2 Å². The summed E-state index contributed by atoms with van der Waals surface area (Å²) in [6, 6.07) is 5.28. The van der Waals surface area contributed by atoms with Crippen LogP contribution >= 0.6 is 0 Å². The van der Waals surface area contributed by atoms with E-state index in [0.29, 0.717) is 13.5 Å². The molecule has 2 aromatic rings. The van der Waals surface area contributed by atoms with Crippen LogP contribution < -0.4 is 5.32 Å². The molecule has 0 aliphatic carbocycles. The average Bonchev–Trinajstić information content (AvgIpc) is 2.79. The Bertz CT molecular complexity index is 673. The Labute approximate surface area is 121 Å². The fourth-order valence-corrected chi connectivity index (χ4v) is 2.03. The summed E-state index contributed by atoms with van der Waals surface area (Å²) in [5.74, 6) is -4.65. The number of hydrogen-bond donors (Lipinski definition) is 1. The van der Waals surface area contributed by atoms with E-state index in [1.165, 1.54) is 0 Å². The average molecular weight is 293 g/mol. The molecule has 0 bridgehead atoms. The van der Waals surface area contributed by atoms with Gasteiger partial charge in [-0.05, 0) is 24.6 Å². The lowest BCUT2D eigenvalue weighted by Crippen LogP contribution is -2.44. The summed E-state index contributed by atoms with van der Waals surface area (Å²) in [5, 5.41) is 7.44. The van der Waals surface area contributed by atoms with Crippen LogP contribution in [0.15, 0.2) is 31.0 Å². The molecule has 0 saturated heterocycles. The van der Waals surface area contributed by atoms with Crippen LogP contribution in [0.25, 0.3) is 17.0 Å². The number of fused-ring (bicyclic) bond motifs is 1. The first-order valence-electron chi connectivity index (χ1n) is 6.58. The van der Waals surface area contributed by atoms with E-state index in [0.717, 1.165) is 16.5 Å². The Morgan fingerprint density at radius 2 is 2.29 bits per heavy atom. The van der Waals surface area contributed by atoms with E-state index >= 15 is 0 Å². The molecule has 0 saturated carbocycles. The lowest BCUT2D eigenvalue weighted by atomic mass is 10.1. The Kier molecular flexibility index (Phi) is 4.06. The molecule has 2 rings (SSSR count). The van der Waals surface area contributed by atoms with Crippen molar-refractivity contribution in [1.29, 1.82) is 0 Å². The lowest BCUT2D eigenvalue weighted by molar-refractivity contribution is -0.143. The summed E-state index contributed by atoms with van der Waals surface area (Å²) in [5.41, 5.74) is 1.86. The molecule has 112 valence electrons. The highest BCUT2D eigenvalue weighted by atomic mass is 19.3. The van der Waals surface area contributed by atoms with Gasteiger partial charge < -0.3 is 5.32 Å². The van der Waals surface area contributed by atoms with Gasteiger partial charge in [0.15, 0.2) is 0 Å². The molecule has 0 fully saturated rings. The molecule has 0 spiro atoms. The van der Waals surface area contributed by atoms with Gasteiger partial charge in [-0.15, -0.1) is 0 Å². The van der Waals surface area contributed by atoms with Crippen molar-refractivity contribution in [3.8, 4) is 0 Å². The SMILES string of the molecule is C=Cc1ccc2c(cnn2CC(C)NC(=O)C(C)(F)F)c1. The van der Waals surface area contributed by atoms with Crippen molar-refractivity contribution in [2.45, 2.75) is 32.4 Å². The van der Waals surface area contributed by atoms with Crippen LogP contribution in [0.3, 0.4) is 0 Å². The predicted octanol–water partition coefficient (Wildman–Crippen LogP) is 2.84. The molecule has 1 aromatic carbocycles. The van der Waals surface area contributed by atoms with Crippen molar-refractivity contribution in [2.75, 3.05) is 0 Å². The molecule has 1 atom stereocenters. The van der Waals surface area contributed by atoms with Gasteiger partial charge in [-0.2, -0.15) is 13.9 Å². The van der Waals surface area contributed by atoms with Gasteiger partial charge in [0.2, 0.25) is 0 Å². The zero-order valence-electron chi connectivity index (χ0n) is 11.9. The van der Waals surface area contributed by atoms with Crippen LogP contribution in [0, 0.1) is 0 Å². The quantitative estimate of drug-likeness (QED) is 0.921. The maximum atomic E-state index is 12.8. The number of nitrogens with one attached hydrogen (secondary N) is 1. The molecule has 1 heterocycles. The number of halogens is 2. The molecule has 6 heteroatoms. The Balaban J connectivity index is 2.13. The van der Waals surface area contributed by atoms with E-state index in [4.69, 9.17) is 0 Å². The molecule has 1 N–H and O–H groups in total. The van der Waals surface area contributed by atoms with Crippen LogP contribution in [0.1, 0.15) is 19.4 Å². The molecule has 0 aliphatic heterocycles. The number of carbonyl (C=O) groups is 1. The Hall–Kier alpha value is -2.24. The van der Waals surface area contributed by atoms with Crippen LogP contribution in [0.4, 0.5) is 8.78 Å². The highest BCUT2D eigenvalue weighted by Crippen LogP contribution is 2.17. The Morgan fingerprint density at radius 3 is 2.90 bits per heavy atom. The minimum absolute atomic E-state index is 0.318. The second-order valence-electron chi connectivity index (χ2n) is 5.11. The van der Waals surface area contributed by atoms with Crippen molar-refractivity contribution in [1.82, 2.24) is 15.1 Å². The smallest absolute Gasteiger partial charge is 0.321 e. The summed E-state index contributed by atoms with van der Waals surface area (Å²) in [6.07, 6.45) is 3.44. The number of benzene rings is 1. The molecule has 1 amide bonds. The summed E-state index contributed by atoms with van der Waals surface area (Å²) in [6.45, 7) is 6.26. The van der Waals surface area contributed by atoms with E-state index in [9.17, 15) is 13.6 Å². The van der Waals surface area contributed by atoms with Gasteiger partial charge in [0.05, 0.1) is 18.3 Å². The fraction of sp³-hybridized carbons (Fsp3) is 0.333. The number of hydrogen-bond acceptors (Lipinski definition) is 2. The van der Waals surface area contributed by atoms with Crippen LogP contribution in [0.2, 0.25) is 0 Å². The third kappa shape index (κ3) is 3.45. The maximum absolute atomic E-state index is 12.8. The monoisotopic (exact) mass is 293 g/mol. The van der Waals surface area contributed by atoms with Gasteiger partial charge >= 0.3 is 5.92 Å². The number of alkyl halides is 2. The summed E-state index contributed by atoms with van der Waals surface area (Å²) < 4.78 is 27.4. The number of nitrogens with zero attached hydrogens (tertiary/aromatic N) is 2. The van der Waals surface area contributed by atoms with Gasteiger partial charge in [-0.1, -0.05) is 18.7 Å². The molecule has 0 radical (unpaired) electrons. The highest BCUT2D eigenvalue weighted by Gasteiger charge is 2.32. The molecular weight excluding hydrogens is 276 g/mol. The van der Waals surface area contributed by atoms with Crippen molar-refractivity contribution in [3.05, 3.63) is 36.5 Å². The van der Waals surface area contributed by atoms with Crippen LogP contribution in [0.5, 0.6) is 0 Å². The van der Waals surface area contributed by atoms with Crippen molar-refractivity contribution in [3.63, 3.8) is 0 Å². The van der Waals surface area contributed by atoms with E-state index in [-0.39, 0.29) is 0 Å². The Morgan fingerprint density at radius 1 is 1.57 bits per heavy atom. The molecule has 1 unspecified atom stereocenters. The zero-order valence-corrected chi connectivity index (χ0v) is 11.9. The van der Waals surface area contributed by atoms with Gasteiger partial charge in [0, 0.05) is 18.4 Å². The normalized spacial score (nSPS) is 13.1. The van der Waals surface area contributed by atoms with Gasteiger partial charge in [-0.3, -0.25) is 9.48 Å². The topological polar surface area (TPSA) is 46.9 Å². The molecule has 1 aromatic heterocycles. The third-order valence-electron chi connectivity index (χ3n) is 3.12. The summed E-state index contributed by atoms with van der Waals surface area (Å²) in [4.78, 5) is 11.2. The van der Waals surface area contributed by atoms with Gasteiger partial charge in [0.1, 0.15) is 0 Å². The number of aromatic nitrogens is 2. The first-order chi connectivity index (χ1) is 9.81. The first-order valence-corrected chi connectivity index (χ1v) is 6.58.